The smallest absolute Gasteiger partial charge is 0.308 e. The number of amides is 2. The molecule has 0 saturated heterocycles. The zero-order chi connectivity index (χ0) is 14.5. The van der Waals surface area contributed by atoms with E-state index in [1.807, 2.05) is 18.2 Å². The van der Waals surface area contributed by atoms with Crippen molar-refractivity contribution in [2.24, 2.45) is 0 Å². The normalized spacial score (nSPS) is 9.90. The van der Waals surface area contributed by atoms with Crippen LogP contribution in [0.3, 0.4) is 0 Å². The van der Waals surface area contributed by atoms with Crippen LogP contribution < -0.4 is 10.6 Å². The van der Waals surface area contributed by atoms with Crippen LogP contribution in [0.5, 0.6) is 0 Å². The number of hydrogen-bond acceptors (Lipinski definition) is 2. The number of nitrogens with one attached hydrogen (secondary N) is 2. The van der Waals surface area contributed by atoms with Crippen molar-refractivity contribution in [2.75, 3.05) is 10.6 Å². The SMILES string of the molecule is CC(=O)c1ccc(NC(=O)Nc2ccccc2Br)cc1. The van der Waals surface area contributed by atoms with Crippen molar-refractivity contribution in [3.8, 4) is 0 Å². The predicted octanol–water partition coefficient (Wildman–Crippen LogP) is 4.30. The van der Waals surface area contributed by atoms with E-state index < -0.39 is 0 Å². The molecule has 2 N–H and O–H groups in total. The Labute approximate surface area is 125 Å². The minimum absolute atomic E-state index is 0.00535. The van der Waals surface area contributed by atoms with Gasteiger partial charge in [0.25, 0.3) is 0 Å². The van der Waals surface area contributed by atoms with Gasteiger partial charge in [0.05, 0.1) is 5.69 Å². The second kappa shape index (κ2) is 6.34. The Morgan fingerprint density at radius 2 is 1.60 bits per heavy atom. The average molecular weight is 333 g/mol. The maximum atomic E-state index is 11.8. The van der Waals surface area contributed by atoms with Crippen molar-refractivity contribution < 1.29 is 9.59 Å². The molecule has 0 aliphatic carbocycles. The zero-order valence-corrected chi connectivity index (χ0v) is 12.4. The van der Waals surface area contributed by atoms with Crippen LogP contribution in [0.4, 0.5) is 16.2 Å². The molecule has 0 unspecified atom stereocenters. The topological polar surface area (TPSA) is 58.2 Å². The molecule has 2 aromatic carbocycles. The maximum Gasteiger partial charge on any atom is 0.323 e. The molecule has 20 heavy (non-hydrogen) atoms. The monoisotopic (exact) mass is 332 g/mol. The highest BCUT2D eigenvalue weighted by Gasteiger charge is 2.05. The highest BCUT2D eigenvalue weighted by molar-refractivity contribution is 9.10. The van der Waals surface area contributed by atoms with Gasteiger partial charge in [-0.15, -0.1) is 0 Å². The molecular weight excluding hydrogens is 320 g/mol. The lowest BCUT2D eigenvalue weighted by molar-refractivity contribution is 0.101. The van der Waals surface area contributed by atoms with Crippen LogP contribution in [-0.4, -0.2) is 11.8 Å². The van der Waals surface area contributed by atoms with Gasteiger partial charge >= 0.3 is 6.03 Å². The molecule has 2 amide bonds. The number of ketones is 1. The third-order valence-corrected chi connectivity index (χ3v) is 3.36. The lowest BCUT2D eigenvalue weighted by Gasteiger charge is -2.09. The first-order valence-corrected chi connectivity index (χ1v) is 6.79. The Kier molecular flexibility index (Phi) is 4.53. The predicted molar refractivity (Wildman–Crippen MR) is 83.2 cm³/mol. The fourth-order valence-electron chi connectivity index (χ4n) is 1.64. The average Bonchev–Trinajstić information content (AvgIpc) is 2.42. The van der Waals surface area contributed by atoms with Gasteiger partial charge in [-0.3, -0.25) is 4.79 Å². The van der Waals surface area contributed by atoms with Crippen molar-refractivity contribution in [1.29, 1.82) is 0 Å². The molecule has 0 aliphatic rings. The van der Waals surface area contributed by atoms with Gasteiger partial charge in [-0.2, -0.15) is 0 Å². The summed E-state index contributed by atoms with van der Waals surface area (Å²) in [6.45, 7) is 1.50. The number of benzene rings is 2. The minimum Gasteiger partial charge on any atom is -0.308 e. The van der Waals surface area contributed by atoms with E-state index >= 15 is 0 Å². The molecule has 0 saturated carbocycles. The number of rotatable bonds is 3. The van der Waals surface area contributed by atoms with Gasteiger partial charge in [-0.05, 0) is 59.3 Å². The summed E-state index contributed by atoms with van der Waals surface area (Å²) in [5.41, 5.74) is 1.92. The van der Waals surface area contributed by atoms with Crippen LogP contribution in [0.1, 0.15) is 17.3 Å². The largest absolute Gasteiger partial charge is 0.323 e. The maximum absolute atomic E-state index is 11.8. The molecule has 5 heteroatoms. The van der Waals surface area contributed by atoms with E-state index in [2.05, 4.69) is 26.6 Å². The molecule has 102 valence electrons. The van der Waals surface area contributed by atoms with E-state index in [4.69, 9.17) is 0 Å². The fourth-order valence-corrected chi connectivity index (χ4v) is 2.02. The number of Topliss-reactive ketones (excluding diaryl/α,β-unsaturated/α-hetero) is 1. The summed E-state index contributed by atoms with van der Waals surface area (Å²) >= 11 is 3.36. The molecule has 4 nitrogen and oxygen atoms in total. The number of para-hydroxylation sites is 1. The Balaban J connectivity index is 2.01. The van der Waals surface area contributed by atoms with Crippen LogP contribution in [0.15, 0.2) is 53.0 Å². The van der Waals surface area contributed by atoms with E-state index in [1.54, 1.807) is 30.3 Å². The van der Waals surface area contributed by atoms with Crippen molar-refractivity contribution in [2.45, 2.75) is 6.92 Å². The molecule has 0 aliphatic heterocycles. The van der Waals surface area contributed by atoms with Gasteiger partial charge in [0.15, 0.2) is 5.78 Å². The summed E-state index contributed by atoms with van der Waals surface area (Å²) in [4.78, 5) is 23.0. The fraction of sp³-hybridized carbons (Fsp3) is 0.0667. The highest BCUT2D eigenvalue weighted by atomic mass is 79.9. The zero-order valence-electron chi connectivity index (χ0n) is 10.8. The summed E-state index contributed by atoms with van der Waals surface area (Å²) in [5.74, 6) is -0.00535. The molecule has 0 radical (unpaired) electrons. The molecule has 0 aromatic heterocycles. The lowest BCUT2D eigenvalue weighted by Crippen LogP contribution is -2.19. The number of halogens is 1. The first kappa shape index (κ1) is 14.3. The van der Waals surface area contributed by atoms with Crippen LogP contribution in [-0.2, 0) is 0 Å². The minimum atomic E-state index is -0.340. The van der Waals surface area contributed by atoms with E-state index in [0.29, 0.717) is 16.9 Å². The van der Waals surface area contributed by atoms with E-state index in [-0.39, 0.29) is 11.8 Å². The summed E-state index contributed by atoms with van der Waals surface area (Å²) in [6.07, 6.45) is 0. The Hall–Kier alpha value is -2.14. The van der Waals surface area contributed by atoms with Gasteiger partial charge in [0.2, 0.25) is 0 Å². The van der Waals surface area contributed by atoms with Crippen LogP contribution >= 0.6 is 15.9 Å². The van der Waals surface area contributed by atoms with Gasteiger partial charge in [0.1, 0.15) is 0 Å². The summed E-state index contributed by atoms with van der Waals surface area (Å²) < 4.78 is 0.807. The third-order valence-electron chi connectivity index (χ3n) is 2.67. The van der Waals surface area contributed by atoms with Crippen LogP contribution in [0.25, 0.3) is 0 Å². The second-order valence-electron chi connectivity index (χ2n) is 4.19. The van der Waals surface area contributed by atoms with E-state index in [1.165, 1.54) is 6.92 Å². The number of hydrogen-bond donors (Lipinski definition) is 2. The third kappa shape index (κ3) is 3.68. The van der Waals surface area contributed by atoms with E-state index in [9.17, 15) is 9.59 Å². The first-order chi connectivity index (χ1) is 9.56. The lowest BCUT2D eigenvalue weighted by atomic mass is 10.1. The summed E-state index contributed by atoms with van der Waals surface area (Å²) in [6, 6.07) is 13.7. The van der Waals surface area contributed by atoms with Gasteiger partial charge in [0, 0.05) is 15.7 Å². The molecule has 2 aromatic rings. The Morgan fingerprint density at radius 3 is 2.20 bits per heavy atom. The number of carbonyl (C=O) groups excluding carboxylic acids is 2. The standard InChI is InChI=1S/C15H13BrN2O2/c1-10(19)11-6-8-12(9-7-11)17-15(20)18-14-5-3-2-4-13(14)16/h2-9H,1H3,(H2,17,18,20). The summed E-state index contributed by atoms with van der Waals surface area (Å²) in [7, 11) is 0. The molecule has 0 bridgehead atoms. The molecular formula is C15H13BrN2O2. The van der Waals surface area contributed by atoms with Gasteiger partial charge in [-0.25, -0.2) is 4.79 Å². The molecule has 0 spiro atoms. The van der Waals surface area contributed by atoms with Gasteiger partial charge in [-0.1, -0.05) is 12.1 Å². The van der Waals surface area contributed by atoms with E-state index in [0.717, 1.165) is 4.47 Å². The van der Waals surface area contributed by atoms with Gasteiger partial charge < -0.3 is 10.6 Å². The summed E-state index contributed by atoms with van der Waals surface area (Å²) in [5, 5.41) is 5.43. The second-order valence-corrected chi connectivity index (χ2v) is 5.05. The Bertz CT molecular complexity index is 639. The number of urea groups is 1. The van der Waals surface area contributed by atoms with Crippen molar-refractivity contribution in [3.05, 3.63) is 58.6 Å². The molecule has 0 fully saturated rings. The highest BCUT2D eigenvalue weighted by Crippen LogP contribution is 2.21. The van der Waals surface area contributed by atoms with Crippen molar-refractivity contribution >= 4 is 39.1 Å². The van der Waals surface area contributed by atoms with Crippen molar-refractivity contribution in [1.82, 2.24) is 0 Å². The van der Waals surface area contributed by atoms with Crippen LogP contribution in [0.2, 0.25) is 0 Å². The molecule has 2 rings (SSSR count). The quantitative estimate of drug-likeness (QED) is 0.823. The molecule has 0 heterocycles. The first-order valence-electron chi connectivity index (χ1n) is 6.00. The van der Waals surface area contributed by atoms with Crippen LogP contribution in [0, 0.1) is 0 Å². The number of anilines is 2. The number of carbonyl (C=O) groups is 2. The molecule has 0 atom stereocenters. The Morgan fingerprint density at radius 1 is 0.950 bits per heavy atom. The van der Waals surface area contributed by atoms with Crippen molar-refractivity contribution in [3.63, 3.8) is 0 Å².